The summed E-state index contributed by atoms with van der Waals surface area (Å²) >= 11 is 0. The van der Waals surface area contributed by atoms with Crippen molar-refractivity contribution in [2.75, 3.05) is 13.7 Å². The molecule has 3 nitrogen and oxygen atoms in total. The lowest BCUT2D eigenvalue weighted by Gasteiger charge is -2.15. The average molecular weight is 221 g/mol. The zero-order valence-corrected chi connectivity index (χ0v) is 9.65. The van der Waals surface area contributed by atoms with Crippen LogP contribution < -0.4 is 5.73 Å². The molecular formula is C13H19NO2. The quantitative estimate of drug-likeness (QED) is 0.790. The van der Waals surface area contributed by atoms with Crippen molar-refractivity contribution in [3.63, 3.8) is 0 Å². The molecule has 1 unspecified atom stereocenters. The van der Waals surface area contributed by atoms with Crippen LogP contribution in [0, 0.1) is 0 Å². The van der Waals surface area contributed by atoms with E-state index in [4.69, 9.17) is 10.5 Å². The Balaban J connectivity index is 2.10. The Hall–Kier alpha value is -0.900. The van der Waals surface area contributed by atoms with Gasteiger partial charge < -0.3 is 15.6 Å². The molecule has 88 valence electrons. The van der Waals surface area contributed by atoms with Crippen LogP contribution in [0.3, 0.4) is 0 Å². The van der Waals surface area contributed by atoms with E-state index >= 15 is 0 Å². The van der Waals surface area contributed by atoms with Crippen LogP contribution in [0.5, 0.6) is 0 Å². The first kappa shape index (κ1) is 11.6. The summed E-state index contributed by atoms with van der Waals surface area (Å²) in [6, 6.07) is 7.98. The van der Waals surface area contributed by atoms with Gasteiger partial charge in [0, 0.05) is 20.1 Å². The smallest absolute Gasteiger partial charge is 0.0912 e. The van der Waals surface area contributed by atoms with Gasteiger partial charge in [0.05, 0.1) is 11.7 Å². The fraction of sp³-hybridized carbons (Fsp3) is 0.538. The number of aliphatic hydroxyl groups excluding tert-OH is 1. The second-order valence-corrected chi connectivity index (χ2v) is 4.56. The van der Waals surface area contributed by atoms with Gasteiger partial charge in [0.2, 0.25) is 0 Å². The van der Waals surface area contributed by atoms with Crippen LogP contribution in [0.15, 0.2) is 24.3 Å². The molecule has 1 atom stereocenters. The predicted octanol–water partition coefficient (Wildman–Crippen LogP) is 1.40. The maximum Gasteiger partial charge on any atom is 0.0912 e. The molecule has 16 heavy (non-hydrogen) atoms. The van der Waals surface area contributed by atoms with Gasteiger partial charge in [0.15, 0.2) is 0 Å². The van der Waals surface area contributed by atoms with E-state index in [1.807, 2.05) is 18.2 Å². The Kier molecular flexibility index (Phi) is 3.28. The maximum atomic E-state index is 9.67. The Labute approximate surface area is 96.2 Å². The molecule has 1 aromatic carbocycles. The van der Waals surface area contributed by atoms with Crippen LogP contribution in [-0.2, 0) is 11.2 Å². The number of ether oxygens (including phenoxy) is 1. The van der Waals surface area contributed by atoms with E-state index < -0.39 is 6.10 Å². The topological polar surface area (TPSA) is 55.5 Å². The lowest BCUT2D eigenvalue weighted by molar-refractivity contribution is 0.0807. The molecule has 0 amide bonds. The first-order valence-corrected chi connectivity index (χ1v) is 5.71. The number of aliphatic hydroxyl groups is 1. The summed E-state index contributed by atoms with van der Waals surface area (Å²) in [5, 5.41) is 9.67. The van der Waals surface area contributed by atoms with Crippen LogP contribution >= 0.6 is 0 Å². The molecule has 3 heteroatoms. The van der Waals surface area contributed by atoms with Crippen molar-refractivity contribution in [1.29, 1.82) is 0 Å². The molecule has 0 saturated heterocycles. The monoisotopic (exact) mass is 221 g/mol. The molecule has 0 bridgehead atoms. The van der Waals surface area contributed by atoms with E-state index in [0.29, 0.717) is 0 Å². The summed E-state index contributed by atoms with van der Waals surface area (Å²) in [5.41, 5.74) is 7.61. The van der Waals surface area contributed by atoms with Gasteiger partial charge >= 0.3 is 0 Å². The van der Waals surface area contributed by atoms with Crippen molar-refractivity contribution >= 4 is 0 Å². The third-order valence-electron chi connectivity index (χ3n) is 3.33. The number of hydrogen-bond acceptors (Lipinski definition) is 3. The van der Waals surface area contributed by atoms with E-state index in [9.17, 15) is 5.11 Å². The fourth-order valence-electron chi connectivity index (χ4n) is 2.01. The van der Waals surface area contributed by atoms with Crippen LogP contribution in [0.1, 0.15) is 30.1 Å². The van der Waals surface area contributed by atoms with E-state index in [0.717, 1.165) is 24.8 Å². The summed E-state index contributed by atoms with van der Waals surface area (Å²) in [7, 11) is 1.77. The summed E-state index contributed by atoms with van der Waals surface area (Å²) < 4.78 is 5.49. The van der Waals surface area contributed by atoms with E-state index in [1.165, 1.54) is 5.56 Å². The summed E-state index contributed by atoms with van der Waals surface area (Å²) in [6.07, 6.45) is 2.63. The van der Waals surface area contributed by atoms with E-state index in [1.54, 1.807) is 7.11 Å². The number of rotatable bonds is 5. The highest BCUT2D eigenvalue weighted by Crippen LogP contribution is 2.41. The summed E-state index contributed by atoms with van der Waals surface area (Å²) in [6.45, 7) is 0.263. The highest BCUT2D eigenvalue weighted by Gasteiger charge is 2.42. The minimum Gasteiger partial charge on any atom is -0.387 e. The number of benzene rings is 1. The minimum atomic E-state index is -0.558. The zero-order valence-electron chi connectivity index (χ0n) is 9.65. The number of hydrogen-bond donors (Lipinski definition) is 2. The molecule has 1 fully saturated rings. The van der Waals surface area contributed by atoms with Gasteiger partial charge in [0.1, 0.15) is 0 Å². The third kappa shape index (κ3) is 2.43. The van der Waals surface area contributed by atoms with Crippen molar-refractivity contribution in [2.24, 2.45) is 5.73 Å². The van der Waals surface area contributed by atoms with Gasteiger partial charge in [-0.25, -0.2) is 0 Å². The largest absolute Gasteiger partial charge is 0.387 e. The first-order chi connectivity index (χ1) is 7.69. The molecule has 1 aliphatic carbocycles. The summed E-state index contributed by atoms with van der Waals surface area (Å²) in [4.78, 5) is 0. The Morgan fingerprint density at radius 2 is 2.25 bits per heavy atom. The second-order valence-electron chi connectivity index (χ2n) is 4.56. The number of nitrogens with two attached hydrogens (primary N) is 1. The highest BCUT2D eigenvalue weighted by atomic mass is 16.5. The van der Waals surface area contributed by atoms with Crippen LogP contribution in [0.2, 0.25) is 0 Å². The first-order valence-electron chi connectivity index (χ1n) is 5.71. The molecule has 3 N–H and O–H groups in total. The van der Waals surface area contributed by atoms with Crippen LogP contribution in [-0.4, -0.2) is 24.4 Å². The predicted molar refractivity (Wildman–Crippen MR) is 63.1 cm³/mol. The SMILES string of the molecule is COC1(Cc2cccc(C(O)CN)c2)CC1. The average Bonchev–Trinajstić information content (AvgIpc) is 3.09. The van der Waals surface area contributed by atoms with Gasteiger partial charge in [-0.3, -0.25) is 0 Å². The maximum absolute atomic E-state index is 9.67. The van der Waals surface area contributed by atoms with Crippen LogP contribution in [0.4, 0.5) is 0 Å². The van der Waals surface area contributed by atoms with Crippen LogP contribution in [0.25, 0.3) is 0 Å². The molecular weight excluding hydrogens is 202 g/mol. The Morgan fingerprint density at radius 1 is 1.50 bits per heavy atom. The highest BCUT2D eigenvalue weighted by molar-refractivity contribution is 5.27. The third-order valence-corrected chi connectivity index (χ3v) is 3.33. The van der Waals surface area contributed by atoms with Crippen molar-refractivity contribution in [1.82, 2.24) is 0 Å². The molecule has 0 spiro atoms. The molecule has 0 aliphatic heterocycles. The van der Waals surface area contributed by atoms with E-state index in [-0.39, 0.29) is 12.1 Å². The molecule has 2 rings (SSSR count). The van der Waals surface area contributed by atoms with Gasteiger partial charge in [-0.1, -0.05) is 24.3 Å². The lowest BCUT2D eigenvalue weighted by atomic mass is 10.0. The zero-order chi connectivity index (χ0) is 11.6. The Morgan fingerprint density at radius 3 is 2.81 bits per heavy atom. The molecule has 0 heterocycles. The standard InChI is InChI=1S/C13H19NO2/c1-16-13(5-6-13)8-10-3-2-4-11(7-10)12(15)9-14/h2-4,7,12,15H,5-6,8-9,14H2,1H3. The molecule has 1 saturated carbocycles. The van der Waals surface area contributed by atoms with Gasteiger partial charge in [0.25, 0.3) is 0 Å². The molecule has 0 radical (unpaired) electrons. The van der Waals surface area contributed by atoms with Gasteiger partial charge in [-0.2, -0.15) is 0 Å². The lowest BCUT2D eigenvalue weighted by Crippen LogP contribution is -2.16. The normalized spacial score (nSPS) is 19.4. The van der Waals surface area contributed by atoms with Crippen molar-refractivity contribution in [3.05, 3.63) is 35.4 Å². The summed E-state index contributed by atoms with van der Waals surface area (Å²) in [5.74, 6) is 0. The van der Waals surface area contributed by atoms with Gasteiger partial charge in [-0.05, 0) is 24.0 Å². The van der Waals surface area contributed by atoms with Crippen molar-refractivity contribution in [3.8, 4) is 0 Å². The molecule has 0 aromatic heterocycles. The van der Waals surface area contributed by atoms with Crippen molar-refractivity contribution in [2.45, 2.75) is 31.0 Å². The van der Waals surface area contributed by atoms with Gasteiger partial charge in [-0.15, -0.1) is 0 Å². The molecule has 1 aliphatic rings. The fourth-order valence-corrected chi connectivity index (χ4v) is 2.01. The molecule has 1 aromatic rings. The van der Waals surface area contributed by atoms with Crippen molar-refractivity contribution < 1.29 is 9.84 Å². The minimum absolute atomic E-state index is 0.0618. The van der Waals surface area contributed by atoms with E-state index in [2.05, 4.69) is 6.07 Å². The Bertz CT molecular complexity index is 361. The number of methoxy groups -OCH3 is 1. The second kappa shape index (κ2) is 4.53.